The molecular weight excluding hydrogens is 238 g/mol. The van der Waals surface area contributed by atoms with Gasteiger partial charge in [-0.3, -0.25) is 0 Å². The fraction of sp³-hybridized carbons (Fsp3) is 0.625. The van der Waals surface area contributed by atoms with E-state index in [1.807, 2.05) is 0 Å². The molecule has 0 aromatic carbocycles. The van der Waals surface area contributed by atoms with E-state index in [0.29, 0.717) is 19.8 Å². The molecule has 1 heterocycles. The summed E-state index contributed by atoms with van der Waals surface area (Å²) < 4.78 is 10.7. The van der Waals surface area contributed by atoms with E-state index in [4.69, 9.17) is 17.0 Å². The highest BCUT2D eigenvalue weighted by Gasteiger charge is 2.01. The Balaban J connectivity index is 2.24. The van der Waals surface area contributed by atoms with E-state index >= 15 is 0 Å². The number of nitrogens with one attached hydrogen (secondary N) is 1. The van der Waals surface area contributed by atoms with E-state index in [1.165, 1.54) is 10.6 Å². The van der Waals surface area contributed by atoms with Crippen LogP contribution in [0.5, 0.6) is 0 Å². The van der Waals surface area contributed by atoms with Gasteiger partial charge in [0, 0.05) is 17.0 Å². The molecule has 0 atom stereocenters. The largest absolute Gasteiger partial charge is 0.379 e. The normalized spacial score (nSPS) is 10.7. The third kappa shape index (κ3) is 4.10. The van der Waals surface area contributed by atoms with Gasteiger partial charge in [0.05, 0.1) is 19.8 Å². The molecule has 0 saturated heterocycles. The number of aryl methyl sites for hydroxylation is 1. The zero-order valence-corrected chi connectivity index (χ0v) is 10.4. The first kappa shape index (κ1) is 12.2. The Kier molecular flexibility index (Phi) is 5.73. The van der Waals surface area contributed by atoms with Crippen molar-refractivity contribution in [1.82, 2.24) is 4.98 Å². The first-order chi connectivity index (χ1) is 6.74. The second-order valence-corrected chi connectivity index (χ2v) is 4.89. The SMILES string of the molecule is Cc1sc(=S)[nH]c1CCOCCOS. The van der Waals surface area contributed by atoms with Crippen molar-refractivity contribution in [2.45, 2.75) is 13.3 Å². The van der Waals surface area contributed by atoms with Crippen LogP contribution < -0.4 is 0 Å². The molecule has 80 valence electrons. The quantitative estimate of drug-likeness (QED) is 0.353. The van der Waals surface area contributed by atoms with E-state index in [1.54, 1.807) is 11.3 Å². The summed E-state index contributed by atoms with van der Waals surface area (Å²) >= 11 is 10.3. The van der Waals surface area contributed by atoms with Gasteiger partial charge >= 0.3 is 0 Å². The average Bonchev–Trinajstić information content (AvgIpc) is 2.45. The second-order valence-electron chi connectivity index (χ2n) is 2.74. The van der Waals surface area contributed by atoms with Gasteiger partial charge < -0.3 is 13.9 Å². The van der Waals surface area contributed by atoms with Crippen LogP contribution >= 0.6 is 36.5 Å². The number of H-pyrrole nitrogens is 1. The van der Waals surface area contributed by atoms with Crippen LogP contribution in [-0.4, -0.2) is 24.8 Å². The van der Waals surface area contributed by atoms with Crippen LogP contribution in [0.1, 0.15) is 10.6 Å². The lowest BCUT2D eigenvalue weighted by atomic mass is 10.3. The fourth-order valence-corrected chi connectivity index (χ4v) is 2.35. The zero-order chi connectivity index (χ0) is 10.4. The van der Waals surface area contributed by atoms with Crippen molar-refractivity contribution in [3.8, 4) is 0 Å². The van der Waals surface area contributed by atoms with Crippen molar-refractivity contribution in [2.75, 3.05) is 19.8 Å². The summed E-state index contributed by atoms with van der Waals surface area (Å²) in [6, 6.07) is 0. The molecule has 0 aliphatic carbocycles. The van der Waals surface area contributed by atoms with Crippen molar-refractivity contribution in [1.29, 1.82) is 0 Å². The molecule has 0 saturated carbocycles. The topological polar surface area (TPSA) is 34.2 Å². The summed E-state index contributed by atoms with van der Waals surface area (Å²) in [6.07, 6.45) is 0.867. The maximum absolute atomic E-state index is 5.32. The van der Waals surface area contributed by atoms with Gasteiger partial charge in [0.15, 0.2) is 3.95 Å². The standard InChI is InChI=1S/C8H13NO2S3/c1-6-7(9-8(12)14-6)2-3-10-4-5-11-13/h13H,2-5H2,1H3,(H,9,12). The Morgan fingerprint density at radius 3 is 2.79 bits per heavy atom. The average molecular weight is 251 g/mol. The molecule has 0 fully saturated rings. The predicted molar refractivity (Wildman–Crippen MR) is 63.7 cm³/mol. The van der Waals surface area contributed by atoms with Gasteiger partial charge in [-0.2, -0.15) is 0 Å². The van der Waals surface area contributed by atoms with Gasteiger partial charge in [0.1, 0.15) is 0 Å². The summed E-state index contributed by atoms with van der Waals surface area (Å²) in [4.78, 5) is 4.38. The minimum atomic E-state index is 0.516. The smallest absolute Gasteiger partial charge is 0.158 e. The highest BCUT2D eigenvalue weighted by atomic mass is 32.1. The number of rotatable bonds is 6. The van der Waals surface area contributed by atoms with Crippen LogP contribution in [0, 0.1) is 10.9 Å². The maximum Gasteiger partial charge on any atom is 0.158 e. The third-order valence-corrected chi connectivity index (χ3v) is 3.11. The highest BCUT2D eigenvalue weighted by molar-refractivity contribution is 7.75. The van der Waals surface area contributed by atoms with Gasteiger partial charge in [-0.05, 0) is 32.1 Å². The first-order valence-corrected chi connectivity index (χ1v) is 5.85. The lowest BCUT2D eigenvalue weighted by Gasteiger charge is -2.02. The van der Waals surface area contributed by atoms with Crippen LogP contribution in [0.15, 0.2) is 0 Å². The highest BCUT2D eigenvalue weighted by Crippen LogP contribution is 2.13. The number of hydrogen-bond donors (Lipinski definition) is 2. The molecule has 0 spiro atoms. The van der Waals surface area contributed by atoms with Crippen LogP contribution in [0.25, 0.3) is 0 Å². The number of thiol groups is 1. The summed E-state index contributed by atoms with van der Waals surface area (Å²) in [6.45, 7) is 3.83. The van der Waals surface area contributed by atoms with Gasteiger partial charge in [-0.25, -0.2) is 0 Å². The summed E-state index contributed by atoms with van der Waals surface area (Å²) in [5.74, 6) is 0. The Labute approximate surface area is 98.1 Å². The molecular formula is C8H13NO2S3. The molecule has 0 radical (unpaired) electrons. The van der Waals surface area contributed by atoms with Gasteiger partial charge in [-0.15, -0.1) is 11.3 Å². The van der Waals surface area contributed by atoms with E-state index in [0.717, 1.165) is 10.4 Å². The Morgan fingerprint density at radius 1 is 1.43 bits per heavy atom. The molecule has 1 N–H and O–H groups in total. The van der Waals surface area contributed by atoms with Crippen LogP contribution in [0.3, 0.4) is 0 Å². The fourth-order valence-electron chi connectivity index (χ4n) is 1.05. The third-order valence-electron chi connectivity index (χ3n) is 1.74. The van der Waals surface area contributed by atoms with Gasteiger partial charge in [0.25, 0.3) is 0 Å². The molecule has 6 heteroatoms. The number of thiazole rings is 1. The minimum Gasteiger partial charge on any atom is -0.379 e. The van der Waals surface area contributed by atoms with Crippen molar-refractivity contribution >= 4 is 36.5 Å². The van der Waals surface area contributed by atoms with E-state index in [2.05, 4.69) is 29.0 Å². The number of ether oxygens (including phenoxy) is 1. The van der Waals surface area contributed by atoms with Gasteiger partial charge in [0.2, 0.25) is 0 Å². The van der Waals surface area contributed by atoms with E-state index < -0.39 is 0 Å². The molecule has 0 aliphatic heterocycles. The monoisotopic (exact) mass is 251 g/mol. The van der Waals surface area contributed by atoms with Crippen molar-refractivity contribution < 1.29 is 8.92 Å². The first-order valence-electron chi connectivity index (χ1n) is 4.26. The Hall–Kier alpha value is 0.120. The summed E-state index contributed by atoms with van der Waals surface area (Å²) in [5.41, 5.74) is 1.17. The van der Waals surface area contributed by atoms with Gasteiger partial charge in [-0.1, -0.05) is 0 Å². The van der Waals surface area contributed by atoms with Crippen LogP contribution in [0.4, 0.5) is 0 Å². The lowest BCUT2D eigenvalue weighted by molar-refractivity contribution is 0.110. The molecule has 0 amide bonds. The second kappa shape index (κ2) is 6.58. The molecule has 1 aromatic heterocycles. The van der Waals surface area contributed by atoms with Crippen molar-refractivity contribution in [2.24, 2.45) is 0 Å². The molecule has 1 aromatic rings. The molecule has 0 aliphatic rings. The molecule has 0 bridgehead atoms. The molecule has 0 unspecified atom stereocenters. The van der Waals surface area contributed by atoms with E-state index in [-0.39, 0.29) is 0 Å². The van der Waals surface area contributed by atoms with Crippen molar-refractivity contribution in [3.05, 3.63) is 14.5 Å². The summed E-state index contributed by atoms with van der Waals surface area (Å²) in [5, 5.41) is 0. The van der Waals surface area contributed by atoms with E-state index in [9.17, 15) is 0 Å². The molecule has 14 heavy (non-hydrogen) atoms. The number of aromatic amines is 1. The Morgan fingerprint density at radius 2 is 2.21 bits per heavy atom. The predicted octanol–water partition coefficient (Wildman–Crippen LogP) is 2.53. The number of aromatic nitrogens is 1. The number of hydrogen-bond acceptors (Lipinski definition) is 5. The summed E-state index contributed by atoms with van der Waals surface area (Å²) in [7, 11) is 0. The van der Waals surface area contributed by atoms with Crippen molar-refractivity contribution in [3.63, 3.8) is 0 Å². The zero-order valence-electron chi connectivity index (χ0n) is 7.91. The lowest BCUT2D eigenvalue weighted by Crippen LogP contribution is -2.04. The van der Waals surface area contributed by atoms with Crippen LogP contribution in [-0.2, 0) is 15.3 Å². The minimum absolute atomic E-state index is 0.516. The maximum atomic E-state index is 5.32. The van der Waals surface area contributed by atoms with Crippen LogP contribution in [0.2, 0.25) is 0 Å². The molecule has 1 rings (SSSR count). The molecule has 3 nitrogen and oxygen atoms in total. The Bertz CT molecular complexity index is 321.